The minimum Gasteiger partial charge on any atom is -0.338 e. The monoisotopic (exact) mass is 384 g/mol. The van der Waals surface area contributed by atoms with Gasteiger partial charge in [0.2, 0.25) is 15.9 Å². The van der Waals surface area contributed by atoms with E-state index in [9.17, 15) is 13.2 Å². The largest absolute Gasteiger partial charge is 0.338 e. The molecule has 8 heteroatoms. The zero-order valence-corrected chi connectivity index (χ0v) is 15.5. The molecule has 24 heavy (non-hydrogen) atoms. The number of benzene rings is 1. The molecule has 0 atom stereocenters. The lowest BCUT2D eigenvalue weighted by atomic mass is 10.1. The van der Waals surface area contributed by atoms with E-state index in [1.165, 1.54) is 18.3 Å². The molecule has 5 nitrogen and oxygen atoms in total. The van der Waals surface area contributed by atoms with Gasteiger partial charge in [0.15, 0.2) is 0 Å². The Labute approximate surface area is 150 Å². The molecule has 1 aliphatic rings. The first-order valence-electron chi connectivity index (χ1n) is 7.47. The van der Waals surface area contributed by atoms with Gasteiger partial charge >= 0.3 is 0 Å². The second-order valence-corrected chi connectivity index (χ2v) is 9.16. The second-order valence-electron chi connectivity index (χ2n) is 5.62. The van der Waals surface area contributed by atoms with E-state index < -0.39 is 10.0 Å². The molecule has 0 bridgehead atoms. The summed E-state index contributed by atoms with van der Waals surface area (Å²) >= 11 is 7.33. The van der Waals surface area contributed by atoms with Gasteiger partial charge in [-0.15, -0.1) is 11.3 Å². The molecular formula is C16H17ClN2O3S2. The summed E-state index contributed by atoms with van der Waals surface area (Å²) in [5.41, 5.74) is 1.64. The molecule has 2 heterocycles. The van der Waals surface area contributed by atoms with E-state index in [0.717, 1.165) is 16.0 Å². The van der Waals surface area contributed by atoms with Gasteiger partial charge in [-0.3, -0.25) is 4.79 Å². The van der Waals surface area contributed by atoms with Crippen LogP contribution in [-0.4, -0.2) is 25.8 Å². The lowest BCUT2D eigenvalue weighted by molar-refractivity contribution is -0.129. The van der Waals surface area contributed by atoms with Gasteiger partial charge in [-0.2, -0.15) is 0 Å². The number of nitrogens with zero attached hydrogens (tertiary/aromatic N) is 1. The number of rotatable bonds is 4. The van der Waals surface area contributed by atoms with Crippen LogP contribution in [0.2, 0.25) is 5.02 Å². The van der Waals surface area contributed by atoms with Crippen LogP contribution in [0.25, 0.3) is 0 Å². The Bertz CT molecular complexity index is 877. The van der Waals surface area contributed by atoms with Crippen molar-refractivity contribution in [3.63, 3.8) is 0 Å². The summed E-state index contributed by atoms with van der Waals surface area (Å²) in [6, 6.07) is 8.80. The van der Waals surface area contributed by atoms with Crippen molar-refractivity contribution in [1.82, 2.24) is 9.62 Å². The van der Waals surface area contributed by atoms with Crippen LogP contribution in [0, 0.1) is 0 Å². The molecule has 0 radical (unpaired) electrons. The van der Waals surface area contributed by atoms with Crippen LogP contribution in [-0.2, 0) is 34.3 Å². The number of thiophene rings is 1. The van der Waals surface area contributed by atoms with E-state index in [-0.39, 0.29) is 16.7 Å². The highest BCUT2D eigenvalue weighted by molar-refractivity contribution is 7.91. The highest BCUT2D eigenvalue weighted by Gasteiger charge is 2.25. The van der Waals surface area contributed by atoms with E-state index in [1.54, 1.807) is 29.2 Å². The predicted molar refractivity (Wildman–Crippen MR) is 94.6 cm³/mol. The van der Waals surface area contributed by atoms with E-state index in [2.05, 4.69) is 4.72 Å². The van der Waals surface area contributed by atoms with Gasteiger partial charge in [-0.1, -0.05) is 29.8 Å². The fraction of sp³-hybridized carbons (Fsp3) is 0.312. The number of carbonyl (C=O) groups excluding carboxylic acids is 1. The molecule has 1 aromatic carbocycles. The van der Waals surface area contributed by atoms with Crippen LogP contribution < -0.4 is 4.72 Å². The summed E-state index contributed by atoms with van der Waals surface area (Å²) in [5.74, 6) is 0.00750. The van der Waals surface area contributed by atoms with Gasteiger partial charge in [-0.05, 0) is 29.7 Å². The molecule has 0 saturated carbocycles. The van der Waals surface area contributed by atoms with Crippen LogP contribution in [0.15, 0.2) is 34.5 Å². The molecule has 3 rings (SSSR count). The van der Waals surface area contributed by atoms with Gasteiger partial charge in [0.1, 0.15) is 4.21 Å². The Morgan fingerprint density at radius 2 is 2.12 bits per heavy atom. The van der Waals surface area contributed by atoms with E-state index in [0.29, 0.717) is 24.5 Å². The van der Waals surface area contributed by atoms with Gasteiger partial charge in [0.25, 0.3) is 0 Å². The van der Waals surface area contributed by atoms with Crippen molar-refractivity contribution in [3.8, 4) is 0 Å². The Hall–Kier alpha value is -1.41. The smallest absolute Gasteiger partial charge is 0.250 e. The van der Waals surface area contributed by atoms with Crippen LogP contribution >= 0.6 is 22.9 Å². The SMILES string of the molecule is CC(=O)N1CCc2sc(S(=O)(=O)NCc3ccccc3Cl)cc2C1. The fourth-order valence-electron chi connectivity index (χ4n) is 2.59. The van der Waals surface area contributed by atoms with Crippen LogP contribution in [0.4, 0.5) is 0 Å². The number of hydrogen-bond donors (Lipinski definition) is 1. The third-order valence-corrected chi connectivity index (χ3v) is 7.45. The van der Waals surface area contributed by atoms with Crippen molar-refractivity contribution in [1.29, 1.82) is 0 Å². The Morgan fingerprint density at radius 3 is 2.83 bits per heavy atom. The van der Waals surface area contributed by atoms with Gasteiger partial charge in [0, 0.05) is 36.5 Å². The van der Waals surface area contributed by atoms with E-state index in [4.69, 9.17) is 11.6 Å². The maximum absolute atomic E-state index is 12.5. The van der Waals surface area contributed by atoms with Gasteiger partial charge in [-0.25, -0.2) is 13.1 Å². The third-order valence-electron chi connectivity index (χ3n) is 3.96. The van der Waals surface area contributed by atoms with Crippen molar-refractivity contribution < 1.29 is 13.2 Å². The summed E-state index contributed by atoms with van der Waals surface area (Å²) in [7, 11) is -3.60. The zero-order valence-electron chi connectivity index (χ0n) is 13.1. The molecule has 0 fully saturated rings. The van der Waals surface area contributed by atoms with E-state index in [1.807, 2.05) is 6.07 Å². The van der Waals surface area contributed by atoms with Crippen molar-refractivity contribution >= 4 is 38.9 Å². The molecule has 0 saturated heterocycles. The summed E-state index contributed by atoms with van der Waals surface area (Å²) < 4.78 is 27.9. The number of amides is 1. The van der Waals surface area contributed by atoms with Crippen LogP contribution in [0.5, 0.6) is 0 Å². The maximum atomic E-state index is 12.5. The van der Waals surface area contributed by atoms with Crippen LogP contribution in [0.1, 0.15) is 22.9 Å². The lowest BCUT2D eigenvalue weighted by Crippen LogP contribution is -2.33. The molecule has 1 amide bonds. The summed E-state index contributed by atoms with van der Waals surface area (Å²) in [4.78, 5) is 14.2. The van der Waals surface area contributed by atoms with Crippen molar-refractivity contribution in [2.75, 3.05) is 6.54 Å². The molecule has 0 spiro atoms. The zero-order chi connectivity index (χ0) is 17.3. The molecular weight excluding hydrogens is 368 g/mol. The number of nitrogens with one attached hydrogen (secondary N) is 1. The van der Waals surface area contributed by atoms with Crippen LogP contribution in [0.3, 0.4) is 0 Å². The first-order valence-corrected chi connectivity index (χ1v) is 10.1. The minimum atomic E-state index is -3.60. The highest BCUT2D eigenvalue weighted by Crippen LogP contribution is 2.31. The minimum absolute atomic E-state index is 0.00750. The molecule has 1 aromatic heterocycles. The number of hydrogen-bond acceptors (Lipinski definition) is 4. The quantitative estimate of drug-likeness (QED) is 0.881. The molecule has 2 aromatic rings. The first kappa shape index (κ1) is 17.4. The average Bonchev–Trinajstić information content (AvgIpc) is 2.98. The first-order chi connectivity index (χ1) is 11.4. The highest BCUT2D eigenvalue weighted by atomic mass is 35.5. The standard InChI is InChI=1S/C16H17ClN2O3S2/c1-11(20)19-7-6-15-13(10-19)8-16(23-15)24(21,22)18-9-12-4-2-3-5-14(12)17/h2-5,8,18H,6-7,9-10H2,1H3. The van der Waals surface area contributed by atoms with Crippen molar-refractivity contribution in [2.24, 2.45) is 0 Å². The molecule has 0 aliphatic carbocycles. The molecule has 128 valence electrons. The summed E-state index contributed by atoms with van der Waals surface area (Å²) in [5, 5.41) is 0.530. The van der Waals surface area contributed by atoms with Gasteiger partial charge < -0.3 is 4.90 Å². The topological polar surface area (TPSA) is 66.5 Å². The number of sulfonamides is 1. The summed E-state index contributed by atoms with van der Waals surface area (Å²) in [6.07, 6.45) is 0.694. The number of halogens is 1. The molecule has 0 unspecified atom stereocenters. The second kappa shape index (κ2) is 6.84. The fourth-order valence-corrected chi connectivity index (χ4v) is 5.39. The van der Waals surface area contributed by atoms with Gasteiger partial charge in [0.05, 0.1) is 0 Å². The summed E-state index contributed by atoms with van der Waals surface area (Å²) in [6.45, 7) is 2.78. The van der Waals surface area contributed by atoms with Crippen molar-refractivity contribution in [3.05, 3.63) is 51.4 Å². The Morgan fingerprint density at radius 1 is 1.38 bits per heavy atom. The Kier molecular flexibility index (Phi) is 4.96. The molecule has 1 N–H and O–H groups in total. The Balaban J connectivity index is 1.77. The number of carbonyl (C=O) groups is 1. The lowest BCUT2D eigenvalue weighted by Gasteiger charge is -2.25. The molecule has 1 aliphatic heterocycles. The maximum Gasteiger partial charge on any atom is 0.250 e. The van der Waals surface area contributed by atoms with E-state index >= 15 is 0 Å². The average molecular weight is 385 g/mol. The van der Waals surface area contributed by atoms with Crippen molar-refractivity contribution in [2.45, 2.75) is 30.6 Å². The predicted octanol–water partition coefficient (Wildman–Crippen LogP) is 2.78. The third kappa shape index (κ3) is 3.64. The number of fused-ring (bicyclic) bond motifs is 1. The normalized spacial score (nSPS) is 14.5.